The molecule has 0 radical (unpaired) electrons. The maximum Gasteiger partial charge on any atom is 0.343 e. The molecule has 0 spiro atoms. The van der Waals surface area contributed by atoms with Crippen LogP contribution in [-0.2, 0) is 0 Å². The molecule has 2 aromatic rings. The van der Waals surface area contributed by atoms with E-state index in [-0.39, 0.29) is 0 Å². The molecule has 0 heterocycles. The molecule has 0 saturated carbocycles. The lowest BCUT2D eigenvalue weighted by Gasteiger charge is -2.17. The third-order valence-electron chi connectivity index (χ3n) is 3.50. The second-order valence-electron chi connectivity index (χ2n) is 5.37. The monoisotopic (exact) mass is 374 g/mol. The van der Waals surface area contributed by atoms with E-state index in [9.17, 15) is 4.79 Å². The van der Waals surface area contributed by atoms with Gasteiger partial charge in [0.1, 0.15) is 0 Å². The molecule has 0 aliphatic carbocycles. The van der Waals surface area contributed by atoms with Crippen molar-refractivity contribution in [2.45, 2.75) is 27.7 Å². The lowest BCUT2D eigenvalue weighted by molar-refractivity contribution is 0.0727. The van der Waals surface area contributed by atoms with Gasteiger partial charge in [-0.1, -0.05) is 12.1 Å². The highest BCUT2D eigenvalue weighted by Crippen LogP contribution is 2.39. The average molecular weight is 374 g/mol. The molecule has 2 rings (SSSR count). The third-order valence-corrected chi connectivity index (χ3v) is 3.50. The molecular formula is C21H26O6. The van der Waals surface area contributed by atoms with Crippen molar-refractivity contribution < 1.29 is 28.5 Å². The van der Waals surface area contributed by atoms with Gasteiger partial charge in [-0.2, -0.15) is 0 Å². The SMILES string of the molecule is CCOc1ccccc1OC(=O)c1cc(OCC)c(OCC)c(OCC)c1. The van der Waals surface area contributed by atoms with Crippen molar-refractivity contribution in [3.05, 3.63) is 42.0 Å². The maximum absolute atomic E-state index is 12.7. The van der Waals surface area contributed by atoms with E-state index in [0.717, 1.165) is 0 Å². The molecule has 27 heavy (non-hydrogen) atoms. The first-order chi connectivity index (χ1) is 13.1. The summed E-state index contributed by atoms with van der Waals surface area (Å²) in [7, 11) is 0. The molecule has 2 aromatic carbocycles. The number of hydrogen-bond acceptors (Lipinski definition) is 6. The van der Waals surface area contributed by atoms with E-state index in [2.05, 4.69) is 0 Å². The quantitative estimate of drug-likeness (QED) is 0.451. The zero-order valence-corrected chi connectivity index (χ0v) is 16.2. The number of benzene rings is 2. The zero-order valence-electron chi connectivity index (χ0n) is 16.2. The predicted octanol–water partition coefficient (Wildman–Crippen LogP) is 4.50. The summed E-state index contributed by atoms with van der Waals surface area (Å²) in [6, 6.07) is 10.2. The van der Waals surface area contributed by atoms with Crippen molar-refractivity contribution in [3.63, 3.8) is 0 Å². The summed E-state index contributed by atoms with van der Waals surface area (Å²) in [5.74, 6) is 1.69. The second kappa shape index (κ2) is 10.3. The smallest absolute Gasteiger partial charge is 0.343 e. The van der Waals surface area contributed by atoms with E-state index in [0.29, 0.717) is 60.7 Å². The van der Waals surface area contributed by atoms with Crippen LogP contribution in [0.15, 0.2) is 36.4 Å². The summed E-state index contributed by atoms with van der Waals surface area (Å²) >= 11 is 0. The lowest BCUT2D eigenvalue weighted by atomic mass is 10.1. The summed E-state index contributed by atoms with van der Waals surface area (Å²) in [5, 5.41) is 0. The van der Waals surface area contributed by atoms with Crippen LogP contribution in [0.3, 0.4) is 0 Å². The summed E-state index contributed by atoms with van der Waals surface area (Å²) in [6.45, 7) is 9.24. The van der Waals surface area contributed by atoms with Crippen molar-refractivity contribution >= 4 is 5.97 Å². The average Bonchev–Trinajstić information content (AvgIpc) is 2.66. The molecule has 0 aliphatic heterocycles. The molecule has 0 unspecified atom stereocenters. The Morgan fingerprint density at radius 2 is 1.19 bits per heavy atom. The Hall–Kier alpha value is -2.89. The molecule has 0 aliphatic rings. The molecule has 0 saturated heterocycles. The summed E-state index contributed by atoms with van der Waals surface area (Å²) in [5.41, 5.74) is 0.302. The Morgan fingerprint density at radius 1 is 0.704 bits per heavy atom. The van der Waals surface area contributed by atoms with Crippen molar-refractivity contribution in [1.29, 1.82) is 0 Å². The van der Waals surface area contributed by atoms with Crippen LogP contribution in [-0.4, -0.2) is 32.4 Å². The maximum atomic E-state index is 12.7. The number of ether oxygens (including phenoxy) is 5. The van der Waals surface area contributed by atoms with Crippen LogP contribution >= 0.6 is 0 Å². The molecule has 0 fully saturated rings. The zero-order chi connectivity index (χ0) is 19.6. The summed E-state index contributed by atoms with van der Waals surface area (Å²) in [6.07, 6.45) is 0. The number of hydrogen-bond donors (Lipinski definition) is 0. The minimum absolute atomic E-state index is 0.302. The number of carbonyl (C=O) groups excluding carboxylic acids is 1. The molecule has 0 aromatic heterocycles. The van der Waals surface area contributed by atoms with Gasteiger partial charge in [-0.25, -0.2) is 4.79 Å². The number of para-hydroxylation sites is 2. The molecule has 6 nitrogen and oxygen atoms in total. The van der Waals surface area contributed by atoms with Gasteiger partial charge in [0.05, 0.1) is 32.0 Å². The topological polar surface area (TPSA) is 63.2 Å². The summed E-state index contributed by atoms with van der Waals surface area (Å²) < 4.78 is 28.0. The van der Waals surface area contributed by atoms with Crippen LogP contribution in [0.25, 0.3) is 0 Å². The van der Waals surface area contributed by atoms with E-state index in [1.807, 2.05) is 33.8 Å². The normalized spacial score (nSPS) is 10.2. The van der Waals surface area contributed by atoms with Crippen molar-refractivity contribution in [1.82, 2.24) is 0 Å². The molecule has 6 heteroatoms. The van der Waals surface area contributed by atoms with Gasteiger partial charge in [-0.15, -0.1) is 0 Å². The highest BCUT2D eigenvalue weighted by molar-refractivity contribution is 5.93. The minimum Gasteiger partial charge on any atom is -0.490 e. The largest absolute Gasteiger partial charge is 0.490 e. The molecule has 0 N–H and O–H groups in total. The van der Waals surface area contributed by atoms with Gasteiger partial charge in [0.15, 0.2) is 23.0 Å². The second-order valence-corrected chi connectivity index (χ2v) is 5.37. The summed E-state index contributed by atoms with van der Waals surface area (Å²) in [4.78, 5) is 12.7. The van der Waals surface area contributed by atoms with E-state index in [1.54, 1.807) is 30.3 Å². The van der Waals surface area contributed by atoms with Gasteiger partial charge in [0.25, 0.3) is 0 Å². The van der Waals surface area contributed by atoms with Crippen molar-refractivity contribution in [2.24, 2.45) is 0 Å². The first kappa shape index (κ1) is 20.4. The Bertz CT molecular complexity index is 729. The first-order valence-corrected chi connectivity index (χ1v) is 9.14. The van der Waals surface area contributed by atoms with Crippen LogP contribution in [0, 0.1) is 0 Å². The Kier molecular flexibility index (Phi) is 7.79. The molecule has 0 atom stereocenters. The Labute approximate surface area is 160 Å². The van der Waals surface area contributed by atoms with Gasteiger partial charge in [-0.05, 0) is 52.0 Å². The van der Waals surface area contributed by atoms with Crippen LogP contribution in [0.5, 0.6) is 28.7 Å². The highest BCUT2D eigenvalue weighted by atomic mass is 16.6. The van der Waals surface area contributed by atoms with Gasteiger partial charge in [0.2, 0.25) is 5.75 Å². The molecule has 0 bridgehead atoms. The van der Waals surface area contributed by atoms with Crippen molar-refractivity contribution in [3.8, 4) is 28.7 Å². The first-order valence-electron chi connectivity index (χ1n) is 9.14. The number of rotatable bonds is 10. The standard InChI is InChI=1S/C21H26O6/c1-5-23-16-11-9-10-12-17(16)27-21(22)15-13-18(24-6-2)20(26-8-4)19(14-15)25-7-3/h9-14H,5-8H2,1-4H3. The van der Waals surface area contributed by atoms with Crippen molar-refractivity contribution in [2.75, 3.05) is 26.4 Å². The Balaban J connectivity index is 2.37. The Morgan fingerprint density at radius 3 is 1.70 bits per heavy atom. The van der Waals surface area contributed by atoms with E-state index in [4.69, 9.17) is 23.7 Å². The number of esters is 1. The van der Waals surface area contributed by atoms with E-state index >= 15 is 0 Å². The van der Waals surface area contributed by atoms with Crippen LogP contribution in [0.2, 0.25) is 0 Å². The fourth-order valence-electron chi connectivity index (χ4n) is 2.47. The number of carbonyl (C=O) groups is 1. The lowest BCUT2D eigenvalue weighted by Crippen LogP contribution is -2.11. The predicted molar refractivity (Wildman–Crippen MR) is 103 cm³/mol. The van der Waals surface area contributed by atoms with Crippen LogP contribution in [0.1, 0.15) is 38.1 Å². The molecule has 0 amide bonds. The third kappa shape index (κ3) is 5.29. The molecular weight excluding hydrogens is 348 g/mol. The van der Waals surface area contributed by atoms with E-state index in [1.165, 1.54) is 0 Å². The van der Waals surface area contributed by atoms with E-state index < -0.39 is 5.97 Å². The van der Waals surface area contributed by atoms with Crippen LogP contribution in [0.4, 0.5) is 0 Å². The van der Waals surface area contributed by atoms with Crippen LogP contribution < -0.4 is 23.7 Å². The fourth-order valence-corrected chi connectivity index (χ4v) is 2.47. The van der Waals surface area contributed by atoms with Gasteiger partial charge < -0.3 is 23.7 Å². The highest BCUT2D eigenvalue weighted by Gasteiger charge is 2.20. The van der Waals surface area contributed by atoms with Gasteiger partial charge in [0, 0.05) is 0 Å². The van der Waals surface area contributed by atoms with Gasteiger partial charge in [-0.3, -0.25) is 0 Å². The fraction of sp³-hybridized carbons (Fsp3) is 0.381. The minimum atomic E-state index is -0.535. The van der Waals surface area contributed by atoms with Gasteiger partial charge >= 0.3 is 5.97 Å². The molecule has 146 valence electrons.